The van der Waals surface area contributed by atoms with Gasteiger partial charge in [0.25, 0.3) is 5.69 Å². The van der Waals surface area contributed by atoms with Crippen molar-refractivity contribution in [1.82, 2.24) is 9.55 Å². The third-order valence-corrected chi connectivity index (χ3v) is 2.66. The Labute approximate surface area is 112 Å². The minimum Gasteiger partial charge on any atom is -0.336 e. The van der Waals surface area contributed by atoms with E-state index in [2.05, 4.69) is 25.8 Å². The lowest BCUT2D eigenvalue weighted by Crippen LogP contribution is -2.13. The molecule has 5 heteroatoms. The largest absolute Gasteiger partial charge is 0.336 e. The average molecular weight is 259 g/mol. The highest BCUT2D eigenvalue weighted by molar-refractivity contribution is 5.60. The molecule has 0 fully saturated rings. The highest BCUT2D eigenvalue weighted by Crippen LogP contribution is 2.22. The van der Waals surface area contributed by atoms with Gasteiger partial charge in [-0.2, -0.15) is 0 Å². The molecule has 0 aliphatic heterocycles. The smallest absolute Gasteiger partial charge is 0.269 e. The summed E-state index contributed by atoms with van der Waals surface area (Å²) in [4.78, 5) is 14.5. The number of hydrogen-bond acceptors (Lipinski definition) is 3. The topological polar surface area (TPSA) is 61.0 Å². The van der Waals surface area contributed by atoms with Gasteiger partial charge in [-0.25, -0.2) is 4.98 Å². The second kappa shape index (κ2) is 4.84. The van der Waals surface area contributed by atoms with Crippen molar-refractivity contribution in [2.24, 2.45) is 5.41 Å². The summed E-state index contributed by atoms with van der Waals surface area (Å²) in [6, 6.07) is 6.44. The standard InChI is InChI=1S/C14H17N3O2/c1-14(2,3)9-16-8-13(15-10-16)11-4-6-12(7-5-11)17(18)19/h4-8,10H,9H2,1-3H3. The summed E-state index contributed by atoms with van der Waals surface area (Å²) in [5.74, 6) is 0. The number of imidazole rings is 1. The van der Waals surface area contributed by atoms with Gasteiger partial charge in [0.1, 0.15) is 0 Å². The summed E-state index contributed by atoms with van der Waals surface area (Å²) in [7, 11) is 0. The molecule has 100 valence electrons. The maximum Gasteiger partial charge on any atom is 0.269 e. The van der Waals surface area contributed by atoms with Crippen LogP contribution in [0.5, 0.6) is 0 Å². The average Bonchev–Trinajstić information content (AvgIpc) is 2.75. The van der Waals surface area contributed by atoms with E-state index < -0.39 is 4.92 Å². The first-order chi connectivity index (χ1) is 8.85. The Hall–Kier alpha value is -2.17. The molecular formula is C14H17N3O2. The first kappa shape index (κ1) is 13.3. The molecule has 0 spiro atoms. The first-order valence-corrected chi connectivity index (χ1v) is 6.12. The van der Waals surface area contributed by atoms with Gasteiger partial charge in [-0.05, 0) is 17.5 Å². The molecule has 1 aromatic heterocycles. The van der Waals surface area contributed by atoms with E-state index in [-0.39, 0.29) is 11.1 Å². The van der Waals surface area contributed by atoms with Crippen LogP contribution in [0.15, 0.2) is 36.8 Å². The van der Waals surface area contributed by atoms with E-state index in [1.807, 2.05) is 10.8 Å². The maximum atomic E-state index is 10.6. The zero-order valence-electron chi connectivity index (χ0n) is 11.3. The second-order valence-electron chi connectivity index (χ2n) is 5.80. The van der Waals surface area contributed by atoms with Gasteiger partial charge < -0.3 is 4.57 Å². The predicted octanol–water partition coefficient (Wildman–Crippen LogP) is 3.50. The molecule has 0 bridgehead atoms. The van der Waals surface area contributed by atoms with Gasteiger partial charge >= 0.3 is 0 Å². The van der Waals surface area contributed by atoms with E-state index in [1.165, 1.54) is 12.1 Å². The molecule has 0 amide bonds. The number of non-ortho nitro benzene ring substituents is 1. The van der Waals surface area contributed by atoms with Crippen LogP contribution >= 0.6 is 0 Å². The fraction of sp³-hybridized carbons (Fsp3) is 0.357. The minimum atomic E-state index is -0.401. The molecule has 0 unspecified atom stereocenters. The Balaban J connectivity index is 2.20. The molecule has 5 nitrogen and oxygen atoms in total. The molecular weight excluding hydrogens is 242 g/mol. The Kier molecular flexibility index (Phi) is 3.38. The van der Waals surface area contributed by atoms with Crippen molar-refractivity contribution in [2.75, 3.05) is 0 Å². The van der Waals surface area contributed by atoms with Crippen molar-refractivity contribution >= 4 is 5.69 Å². The van der Waals surface area contributed by atoms with Gasteiger partial charge in [0, 0.05) is 30.4 Å². The molecule has 0 aliphatic rings. The quantitative estimate of drug-likeness (QED) is 0.626. The second-order valence-corrected chi connectivity index (χ2v) is 5.80. The fourth-order valence-electron chi connectivity index (χ4n) is 1.90. The van der Waals surface area contributed by atoms with Gasteiger partial charge in [0.2, 0.25) is 0 Å². The number of benzene rings is 1. The van der Waals surface area contributed by atoms with Crippen LogP contribution in [0.25, 0.3) is 11.3 Å². The van der Waals surface area contributed by atoms with E-state index in [4.69, 9.17) is 0 Å². The SMILES string of the molecule is CC(C)(C)Cn1cnc(-c2ccc([N+](=O)[O-])cc2)c1. The molecule has 0 aliphatic carbocycles. The van der Waals surface area contributed by atoms with Crippen LogP contribution in [0, 0.1) is 15.5 Å². The van der Waals surface area contributed by atoms with Crippen molar-refractivity contribution in [3.63, 3.8) is 0 Å². The Morgan fingerprint density at radius 2 is 1.89 bits per heavy atom. The first-order valence-electron chi connectivity index (χ1n) is 6.12. The molecule has 0 saturated carbocycles. The van der Waals surface area contributed by atoms with Crippen LogP contribution in [0.2, 0.25) is 0 Å². The van der Waals surface area contributed by atoms with Crippen molar-refractivity contribution in [3.05, 3.63) is 46.9 Å². The predicted molar refractivity (Wildman–Crippen MR) is 73.8 cm³/mol. The molecule has 1 heterocycles. The maximum absolute atomic E-state index is 10.6. The lowest BCUT2D eigenvalue weighted by Gasteiger charge is -2.18. The van der Waals surface area contributed by atoms with E-state index in [0.717, 1.165) is 17.8 Å². The molecule has 0 radical (unpaired) electrons. The molecule has 0 N–H and O–H groups in total. The third-order valence-electron chi connectivity index (χ3n) is 2.66. The lowest BCUT2D eigenvalue weighted by molar-refractivity contribution is -0.384. The summed E-state index contributed by atoms with van der Waals surface area (Å²) < 4.78 is 2.04. The van der Waals surface area contributed by atoms with Crippen LogP contribution < -0.4 is 0 Å². The fourth-order valence-corrected chi connectivity index (χ4v) is 1.90. The molecule has 0 atom stereocenters. The van der Waals surface area contributed by atoms with Crippen LogP contribution in [0.4, 0.5) is 5.69 Å². The zero-order valence-corrected chi connectivity index (χ0v) is 11.3. The molecule has 2 rings (SSSR count). The van der Waals surface area contributed by atoms with Crippen molar-refractivity contribution in [2.45, 2.75) is 27.3 Å². The molecule has 0 saturated heterocycles. The number of nitrogens with zero attached hydrogens (tertiary/aromatic N) is 3. The van der Waals surface area contributed by atoms with E-state index in [1.54, 1.807) is 18.5 Å². The zero-order chi connectivity index (χ0) is 14.0. The van der Waals surface area contributed by atoms with E-state index >= 15 is 0 Å². The number of nitro benzene ring substituents is 1. The highest BCUT2D eigenvalue weighted by atomic mass is 16.6. The van der Waals surface area contributed by atoms with Crippen LogP contribution in [0.3, 0.4) is 0 Å². The number of hydrogen-bond donors (Lipinski definition) is 0. The third kappa shape index (κ3) is 3.40. The molecule has 19 heavy (non-hydrogen) atoms. The van der Waals surface area contributed by atoms with Gasteiger partial charge in [0.05, 0.1) is 16.9 Å². The van der Waals surface area contributed by atoms with Crippen molar-refractivity contribution in [3.8, 4) is 11.3 Å². The van der Waals surface area contributed by atoms with Gasteiger partial charge in [-0.1, -0.05) is 20.8 Å². The van der Waals surface area contributed by atoms with Crippen LogP contribution in [-0.4, -0.2) is 14.5 Å². The van der Waals surface area contributed by atoms with E-state index in [0.29, 0.717) is 0 Å². The van der Waals surface area contributed by atoms with Crippen LogP contribution in [0.1, 0.15) is 20.8 Å². The number of aromatic nitrogens is 2. The Morgan fingerprint density at radius 1 is 1.26 bits per heavy atom. The summed E-state index contributed by atoms with van der Waals surface area (Å²) in [5.41, 5.74) is 2.00. The van der Waals surface area contributed by atoms with Crippen molar-refractivity contribution in [1.29, 1.82) is 0 Å². The number of nitro groups is 1. The Morgan fingerprint density at radius 3 is 2.42 bits per heavy atom. The van der Waals surface area contributed by atoms with Gasteiger partial charge in [0.15, 0.2) is 0 Å². The summed E-state index contributed by atoms with van der Waals surface area (Å²) in [6.07, 6.45) is 3.76. The van der Waals surface area contributed by atoms with Crippen molar-refractivity contribution < 1.29 is 4.92 Å². The normalized spacial score (nSPS) is 11.5. The Bertz CT molecular complexity index is 579. The monoisotopic (exact) mass is 259 g/mol. The highest BCUT2D eigenvalue weighted by Gasteiger charge is 2.12. The minimum absolute atomic E-state index is 0.0953. The summed E-state index contributed by atoms with van der Waals surface area (Å²) in [5, 5.41) is 10.6. The van der Waals surface area contributed by atoms with Gasteiger partial charge in [-0.15, -0.1) is 0 Å². The van der Waals surface area contributed by atoms with Crippen LogP contribution in [-0.2, 0) is 6.54 Å². The lowest BCUT2D eigenvalue weighted by atomic mass is 9.97. The number of rotatable bonds is 3. The molecule has 1 aromatic carbocycles. The molecule has 2 aromatic rings. The summed E-state index contributed by atoms with van der Waals surface area (Å²) >= 11 is 0. The summed E-state index contributed by atoms with van der Waals surface area (Å²) in [6.45, 7) is 7.38. The van der Waals surface area contributed by atoms with Gasteiger partial charge in [-0.3, -0.25) is 10.1 Å². The van der Waals surface area contributed by atoms with E-state index in [9.17, 15) is 10.1 Å².